The summed E-state index contributed by atoms with van der Waals surface area (Å²) in [5.74, 6) is -0.163. The molecule has 2 nitrogen and oxygen atoms in total. The average molecular weight is 368 g/mol. The van der Waals surface area contributed by atoms with Crippen LogP contribution in [-0.4, -0.2) is 30.6 Å². The maximum atomic E-state index is 13.9. The van der Waals surface area contributed by atoms with Gasteiger partial charge in [0.1, 0.15) is 11.4 Å². The van der Waals surface area contributed by atoms with Crippen LogP contribution in [0.5, 0.6) is 0 Å². The van der Waals surface area contributed by atoms with E-state index in [1.54, 1.807) is 13.0 Å². The van der Waals surface area contributed by atoms with Crippen LogP contribution in [0.1, 0.15) is 42.4 Å². The Morgan fingerprint density at radius 1 is 1.15 bits per heavy atom. The molecule has 0 amide bonds. The van der Waals surface area contributed by atoms with Gasteiger partial charge >= 0.3 is 0 Å². The topological polar surface area (TPSA) is 23.5 Å². The summed E-state index contributed by atoms with van der Waals surface area (Å²) in [5, 5.41) is 12.2. The molecule has 0 radical (unpaired) electrons. The van der Waals surface area contributed by atoms with E-state index in [9.17, 15) is 9.50 Å². The first-order chi connectivity index (χ1) is 12.9. The summed E-state index contributed by atoms with van der Waals surface area (Å²) in [7, 11) is 4.09. The summed E-state index contributed by atoms with van der Waals surface area (Å²) in [5.41, 5.74) is 2.42. The Morgan fingerprint density at radius 2 is 1.89 bits per heavy atom. The van der Waals surface area contributed by atoms with E-state index in [-0.39, 0.29) is 11.7 Å². The van der Waals surface area contributed by atoms with Crippen molar-refractivity contribution in [1.82, 2.24) is 4.90 Å². The Bertz CT molecular complexity index is 799. The third-order valence-corrected chi connectivity index (χ3v) is 5.65. The third kappa shape index (κ3) is 4.31. The normalized spacial score (nSPS) is 25.0. The zero-order chi connectivity index (χ0) is 19.4. The van der Waals surface area contributed by atoms with E-state index >= 15 is 0 Å². The molecule has 0 spiro atoms. The monoisotopic (exact) mass is 367 g/mol. The van der Waals surface area contributed by atoms with E-state index in [0.717, 1.165) is 48.9 Å². The van der Waals surface area contributed by atoms with Crippen molar-refractivity contribution in [2.24, 2.45) is 5.92 Å². The van der Waals surface area contributed by atoms with Crippen LogP contribution in [0.25, 0.3) is 6.08 Å². The van der Waals surface area contributed by atoms with Crippen molar-refractivity contribution in [3.8, 4) is 0 Å². The molecular weight excluding hydrogens is 337 g/mol. The Hall–Kier alpha value is -1.97. The lowest BCUT2D eigenvalue weighted by Gasteiger charge is -2.39. The number of aliphatic hydroxyl groups is 1. The second kappa shape index (κ2) is 8.37. The number of aryl methyl sites for hydroxylation is 1. The fraction of sp³-hybridized carbons (Fsp3) is 0.417. The number of benzene rings is 2. The van der Waals surface area contributed by atoms with Gasteiger partial charge in [-0.2, -0.15) is 0 Å². The molecule has 2 aromatic rings. The third-order valence-electron chi connectivity index (χ3n) is 5.65. The molecule has 1 fully saturated rings. The van der Waals surface area contributed by atoms with Gasteiger partial charge in [0.15, 0.2) is 0 Å². The molecular formula is C24H30FNO. The molecule has 2 atom stereocenters. The van der Waals surface area contributed by atoms with Gasteiger partial charge in [0.05, 0.1) is 0 Å². The second-order valence-corrected chi connectivity index (χ2v) is 8.02. The molecule has 144 valence electrons. The van der Waals surface area contributed by atoms with E-state index < -0.39 is 5.60 Å². The standard InChI is InChI=1S/C24H30FNO/c1-18-15-21(13-14-23(18)25)24(27)20(16-19-9-5-4-6-10-19)11-7-8-12-22(24)17-26(2)3/h4-6,9-10,13-16,22,27H,7-8,11-12,17H2,1-3H3. The van der Waals surface area contributed by atoms with Crippen LogP contribution in [0.3, 0.4) is 0 Å². The Morgan fingerprint density at radius 3 is 2.56 bits per heavy atom. The Balaban J connectivity index is 2.16. The number of nitrogens with zero attached hydrogens (tertiary/aromatic N) is 1. The Labute approximate surface area is 162 Å². The minimum absolute atomic E-state index is 0.0647. The van der Waals surface area contributed by atoms with E-state index in [4.69, 9.17) is 0 Å². The van der Waals surface area contributed by atoms with Crippen molar-refractivity contribution in [2.45, 2.75) is 38.2 Å². The molecule has 3 rings (SSSR count). The van der Waals surface area contributed by atoms with Gasteiger partial charge < -0.3 is 10.0 Å². The van der Waals surface area contributed by atoms with Crippen LogP contribution in [-0.2, 0) is 5.60 Å². The highest BCUT2D eigenvalue weighted by atomic mass is 19.1. The summed E-state index contributed by atoms with van der Waals surface area (Å²) in [6.45, 7) is 2.56. The predicted octanol–water partition coefficient (Wildman–Crippen LogP) is 5.16. The highest BCUT2D eigenvalue weighted by Gasteiger charge is 2.43. The van der Waals surface area contributed by atoms with Crippen molar-refractivity contribution < 1.29 is 9.50 Å². The predicted molar refractivity (Wildman–Crippen MR) is 110 cm³/mol. The van der Waals surface area contributed by atoms with E-state index in [0.29, 0.717) is 5.56 Å². The lowest BCUT2D eigenvalue weighted by molar-refractivity contribution is 0.000389. The van der Waals surface area contributed by atoms with Crippen LogP contribution >= 0.6 is 0 Å². The summed E-state index contributed by atoms with van der Waals surface area (Å²) < 4.78 is 13.9. The van der Waals surface area contributed by atoms with Gasteiger partial charge in [-0.25, -0.2) is 4.39 Å². The van der Waals surface area contributed by atoms with Crippen molar-refractivity contribution in [3.05, 3.63) is 76.6 Å². The van der Waals surface area contributed by atoms with Crippen molar-refractivity contribution in [2.75, 3.05) is 20.6 Å². The number of halogens is 1. The van der Waals surface area contributed by atoms with Gasteiger partial charge in [-0.1, -0.05) is 48.9 Å². The Kier molecular flexibility index (Phi) is 6.13. The first-order valence-electron chi connectivity index (χ1n) is 9.81. The minimum Gasteiger partial charge on any atom is -0.380 e. The SMILES string of the molecule is Cc1cc(C2(O)C(=Cc3ccccc3)CCCCC2CN(C)C)ccc1F. The first kappa shape index (κ1) is 19.8. The smallest absolute Gasteiger partial charge is 0.126 e. The van der Waals surface area contributed by atoms with Crippen LogP contribution < -0.4 is 0 Å². The molecule has 3 heteroatoms. The summed E-state index contributed by atoms with van der Waals surface area (Å²) in [6, 6.07) is 15.2. The van der Waals surface area contributed by atoms with Crippen molar-refractivity contribution in [3.63, 3.8) is 0 Å². The summed E-state index contributed by atoms with van der Waals surface area (Å²) in [6.07, 6.45) is 6.09. The van der Waals surface area contributed by atoms with Gasteiger partial charge in [-0.15, -0.1) is 0 Å². The van der Waals surface area contributed by atoms with Crippen LogP contribution in [0.15, 0.2) is 54.1 Å². The molecule has 2 unspecified atom stereocenters. The van der Waals surface area contributed by atoms with Crippen LogP contribution in [0.4, 0.5) is 4.39 Å². The molecule has 0 heterocycles. The van der Waals surface area contributed by atoms with Gasteiger partial charge in [0.2, 0.25) is 0 Å². The molecule has 27 heavy (non-hydrogen) atoms. The molecule has 1 aliphatic carbocycles. The lowest BCUT2D eigenvalue weighted by atomic mass is 9.73. The van der Waals surface area contributed by atoms with Gasteiger partial charge in [0, 0.05) is 12.5 Å². The maximum absolute atomic E-state index is 13.9. The van der Waals surface area contributed by atoms with E-state index in [1.807, 2.05) is 38.4 Å². The van der Waals surface area contributed by atoms with Crippen molar-refractivity contribution in [1.29, 1.82) is 0 Å². The maximum Gasteiger partial charge on any atom is 0.126 e. The van der Waals surface area contributed by atoms with Crippen LogP contribution in [0.2, 0.25) is 0 Å². The molecule has 2 aromatic carbocycles. The quantitative estimate of drug-likeness (QED) is 0.755. The fourth-order valence-corrected chi connectivity index (χ4v) is 4.27. The number of hydrogen-bond donors (Lipinski definition) is 1. The number of rotatable bonds is 4. The highest BCUT2D eigenvalue weighted by Crippen LogP contribution is 2.45. The zero-order valence-corrected chi connectivity index (χ0v) is 16.6. The van der Waals surface area contributed by atoms with Gasteiger partial charge in [-0.05, 0) is 74.7 Å². The average Bonchev–Trinajstić information content (AvgIpc) is 2.79. The van der Waals surface area contributed by atoms with Crippen LogP contribution in [0, 0.1) is 18.7 Å². The summed E-state index contributed by atoms with van der Waals surface area (Å²) in [4.78, 5) is 2.14. The first-order valence-corrected chi connectivity index (χ1v) is 9.81. The molecule has 0 aromatic heterocycles. The lowest BCUT2D eigenvalue weighted by Crippen LogP contribution is -2.41. The molecule has 0 saturated heterocycles. The summed E-state index contributed by atoms with van der Waals surface area (Å²) >= 11 is 0. The van der Waals surface area contributed by atoms with Crippen molar-refractivity contribution >= 4 is 6.08 Å². The minimum atomic E-state index is -1.09. The van der Waals surface area contributed by atoms with E-state index in [1.165, 1.54) is 6.07 Å². The molecule has 0 aliphatic heterocycles. The van der Waals surface area contributed by atoms with Gasteiger partial charge in [-0.3, -0.25) is 0 Å². The van der Waals surface area contributed by atoms with Gasteiger partial charge in [0.25, 0.3) is 0 Å². The highest BCUT2D eigenvalue weighted by molar-refractivity contribution is 5.57. The van der Waals surface area contributed by atoms with E-state index in [2.05, 4.69) is 23.1 Å². The zero-order valence-electron chi connectivity index (χ0n) is 16.6. The number of hydrogen-bond acceptors (Lipinski definition) is 2. The fourth-order valence-electron chi connectivity index (χ4n) is 4.27. The molecule has 1 N–H and O–H groups in total. The molecule has 0 bridgehead atoms. The second-order valence-electron chi connectivity index (χ2n) is 8.02. The molecule has 1 saturated carbocycles. The largest absolute Gasteiger partial charge is 0.380 e. The molecule has 1 aliphatic rings.